The molecule has 2 rings (SSSR count). The molecule has 3 N–H and O–H groups in total. The molecule has 2 aliphatic rings. The van der Waals surface area contributed by atoms with E-state index in [1.165, 1.54) is 19.3 Å². The van der Waals surface area contributed by atoms with Crippen LogP contribution in [0.25, 0.3) is 0 Å². The molecule has 0 spiro atoms. The second-order valence-corrected chi connectivity index (χ2v) is 7.06. The molecule has 0 aromatic carbocycles. The largest absolute Gasteiger partial charge is 0.444 e. The Morgan fingerprint density at radius 2 is 1.85 bits per heavy atom. The second-order valence-electron chi connectivity index (χ2n) is 7.06. The van der Waals surface area contributed by atoms with Crippen LogP contribution in [-0.4, -0.2) is 42.9 Å². The Balaban J connectivity index is 1.61. The molecular formula is C15H29N3O2. The lowest BCUT2D eigenvalue weighted by atomic mass is 9.86. The molecule has 1 saturated carbocycles. The van der Waals surface area contributed by atoms with Gasteiger partial charge in [-0.05, 0) is 66.0 Å². The highest BCUT2D eigenvalue weighted by molar-refractivity contribution is 5.68. The van der Waals surface area contributed by atoms with E-state index in [2.05, 4.69) is 16.0 Å². The summed E-state index contributed by atoms with van der Waals surface area (Å²) in [5, 5.41) is 10.1. The van der Waals surface area contributed by atoms with Gasteiger partial charge in [-0.1, -0.05) is 0 Å². The predicted molar refractivity (Wildman–Crippen MR) is 79.8 cm³/mol. The molecule has 2 fully saturated rings. The minimum Gasteiger partial charge on any atom is -0.444 e. The van der Waals surface area contributed by atoms with E-state index in [-0.39, 0.29) is 12.1 Å². The molecule has 1 heterocycles. The molecule has 1 aliphatic carbocycles. The van der Waals surface area contributed by atoms with Crippen molar-refractivity contribution in [2.45, 2.75) is 76.6 Å². The van der Waals surface area contributed by atoms with Gasteiger partial charge in [-0.25, -0.2) is 4.79 Å². The molecule has 0 radical (unpaired) electrons. The van der Waals surface area contributed by atoms with Crippen LogP contribution in [0, 0.1) is 0 Å². The summed E-state index contributed by atoms with van der Waals surface area (Å²) in [6, 6.07) is 1.46. The number of ether oxygens (including phenoxy) is 1. The van der Waals surface area contributed by atoms with Crippen LogP contribution >= 0.6 is 0 Å². The molecule has 1 aliphatic heterocycles. The van der Waals surface area contributed by atoms with Crippen LogP contribution in [0.1, 0.15) is 52.9 Å². The Morgan fingerprint density at radius 3 is 2.55 bits per heavy atom. The summed E-state index contributed by atoms with van der Waals surface area (Å²) in [5.74, 6) is 0. The summed E-state index contributed by atoms with van der Waals surface area (Å²) in [6.07, 6.45) is 5.46. The first kappa shape index (κ1) is 15.6. The van der Waals surface area contributed by atoms with Gasteiger partial charge in [-0.3, -0.25) is 0 Å². The van der Waals surface area contributed by atoms with Crippen molar-refractivity contribution in [2.24, 2.45) is 0 Å². The number of hydrogen-bond donors (Lipinski definition) is 3. The van der Waals surface area contributed by atoms with Crippen molar-refractivity contribution in [1.29, 1.82) is 0 Å². The third-order valence-corrected chi connectivity index (χ3v) is 3.91. The van der Waals surface area contributed by atoms with Gasteiger partial charge in [0.15, 0.2) is 0 Å². The lowest BCUT2D eigenvalue weighted by Gasteiger charge is -2.38. The smallest absolute Gasteiger partial charge is 0.407 e. The zero-order valence-electron chi connectivity index (χ0n) is 13.0. The van der Waals surface area contributed by atoms with E-state index >= 15 is 0 Å². The molecule has 0 bridgehead atoms. The van der Waals surface area contributed by atoms with Gasteiger partial charge >= 0.3 is 6.09 Å². The SMILES string of the molecule is CC(C)(C)OC(=O)NC1CC(NC2CCCNCC2)C1. The third kappa shape index (κ3) is 5.29. The molecule has 20 heavy (non-hydrogen) atoms. The van der Waals surface area contributed by atoms with Crippen molar-refractivity contribution in [3.8, 4) is 0 Å². The predicted octanol–water partition coefficient (Wildman–Crippen LogP) is 1.77. The standard InChI is InChI=1S/C15H29N3O2/c1-15(2,3)20-14(19)18-13-9-12(10-13)17-11-5-4-7-16-8-6-11/h11-13,16-17H,4-10H2,1-3H3,(H,18,19). The zero-order valence-corrected chi connectivity index (χ0v) is 13.0. The van der Waals surface area contributed by atoms with Crippen molar-refractivity contribution in [1.82, 2.24) is 16.0 Å². The van der Waals surface area contributed by atoms with Gasteiger partial charge in [0.25, 0.3) is 0 Å². The number of carbonyl (C=O) groups is 1. The highest BCUT2D eigenvalue weighted by Crippen LogP contribution is 2.22. The summed E-state index contributed by atoms with van der Waals surface area (Å²) >= 11 is 0. The zero-order chi connectivity index (χ0) is 14.6. The fourth-order valence-corrected chi connectivity index (χ4v) is 2.87. The molecule has 0 aromatic rings. The number of hydrogen-bond acceptors (Lipinski definition) is 4. The third-order valence-electron chi connectivity index (χ3n) is 3.91. The van der Waals surface area contributed by atoms with E-state index in [9.17, 15) is 4.79 Å². The minimum atomic E-state index is -0.418. The van der Waals surface area contributed by atoms with Crippen LogP contribution in [0.5, 0.6) is 0 Å². The molecule has 116 valence electrons. The van der Waals surface area contributed by atoms with E-state index in [1.807, 2.05) is 20.8 Å². The maximum Gasteiger partial charge on any atom is 0.407 e. The van der Waals surface area contributed by atoms with Crippen molar-refractivity contribution in [2.75, 3.05) is 13.1 Å². The van der Waals surface area contributed by atoms with E-state index in [0.717, 1.165) is 25.9 Å². The molecule has 1 atom stereocenters. The first-order chi connectivity index (χ1) is 9.42. The average Bonchev–Trinajstić information content (AvgIpc) is 2.52. The minimum absolute atomic E-state index is 0.270. The fraction of sp³-hybridized carbons (Fsp3) is 0.933. The Morgan fingerprint density at radius 1 is 1.10 bits per heavy atom. The van der Waals surface area contributed by atoms with Crippen LogP contribution < -0.4 is 16.0 Å². The normalized spacial score (nSPS) is 31.1. The number of carbonyl (C=O) groups excluding carboxylic acids is 1. The van der Waals surface area contributed by atoms with Gasteiger partial charge in [-0.15, -0.1) is 0 Å². The lowest BCUT2D eigenvalue weighted by molar-refractivity contribution is 0.0462. The number of rotatable bonds is 3. The topological polar surface area (TPSA) is 62.4 Å². The highest BCUT2D eigenvalue weighted by Gasteiger charge is 2.32. The van der Waals surface area contributed by atoms with E-state index in [4.69, 9.17) is 4.74 Å². The van der Waals surface area contributed by atoms with Crippen molar-refractivity contribution in [3.63, 3.8) is 0 Å². The van der Waals surface area contributed by atoms with Crippen LogP contribution in [0.3, 0.4) is 0 Å². The summed E-state index contributed by atoms with van der Waals surface area (Å²) in [7, 11) is 0. The van der Waals surface area contributed by atoms with E-state index in [0.29, 0.717) is 12.1 Å². The fourth-order valence-electron chi connectivity index (χ4n) is 2.87. The van der Waals surface area contributed by atoms with E-state index in [1.54, 1.807) is 0 Å². The maximum absolute atomic E-state index is 11.6. The molecule has 5 heteroatoms. The monoisotopic (exact) mass is 283 g/mol. The van der Waals surface area contributed by atoms with Crippen molar-refractivity contribution < 1.29 is 9.53 Å². The number of amides is 1. The van der Waals surface area contributed by atoms with Gasteiger partial charge in [0, 0.05) is 18.1 Å². The quantitative estimate of drug-likeness (QED) is 0.739. The van der Waals surface area contributed by atoms with Gasteiger partial charge in [-0.2, -0.15) is 0 Å². The highest BCUT2D eigenvalue weighted by atomic mass is 16.6. The summed E-state index contributed by atoms with van der Waals surface area (Å²) in [4.78, 5) is 11.6. The average molecular weight is 283 g/mol. The van der Waals surface area contributed by atoms with Crippen LogP contribution in [0.4, 0.5) is 4.79 Å². The Kier molecular flexibility index (Phi) is 5.27. The van der Waals surface area contributed by atoms with Gasteiger partial charge in [0.05, 0.1) is 0 Å². The molecule has 1 unspecified atom stereocenters. The van der Waals surface area contributed by atoms with Gasteiger partial charge in [0.1, 0.15) is 5.60 Å². The maximum atomic E-state index is 11.6. The summed E-state index contributed by atoms with van der Waals surface area (Å²) < 4.78 is 5.27. The first-order valence-electron chi connectivity index (χ1n) is 7.88. The first-order valence-corrected chi connectivity index (χ1v) is 7.88. The second kappa shape index (κ2) is 6.76. The Hall–Kier alpha value is -0.810. The van der Waals surface area contributed by atoms with Crippen molar-refractivity contribution >= 4 is 6.09 Å². The van der Waals surface area contributed by atoms with Crippen molar-refractivity contribution in [3.05, 3.63) is 0 Å². The Labute approximate surface area is 122 Å². The summed E-state index contributed by atoms with van der Waals surface area (Å²) in [5.41, 5.74) is -0.418. The number of alkyl carbamates (subject to hydrolysis) is 1. The van der Waals surface area contributed by atoms with E-state index < -0.39 is 5.60 Å². The van der Waals surface area contributed by atoms with Crippen LogP contribution in [0.2, 0.25) is 0 Å². The van der Waals surface area contributed by atoms with Crippen LogP contribution in [0.15, 0.2) is 0 Å². The lowest BCUT2D eigenvalue weighted by Crippen LogP contribution is -2.55. The Bertz CT molecular complexity index is 314. The van der Waals surface area contributed by atoms with Crippen LogP contribution in [-0.2, 0) is 4.74 Å². The summed E-state index contributed by atoms with van der Waals surface area (Å²) in [6.45, 7) is 7.92. The van der Waals surface area contributed by atoms with Gasteiger partial charge < -0.3 is 20.7 Å². The number of nitrogens with one attached hydrogen (secondary N) is 3. The molecule has 1 amide bonds. The van der Waals surface area contributed by atoms with Gasteiger partial charge in [0.2, 0.25) is 0 Å². The molecule has 0 aromatic heterocycles. The molecule has 1 saturated heterocycles. The molecule has 5 nitrogen and oxygen atoms in total. The molecular weight excluding hydrogens is 254 g/mol.